The van der Waals surface area contributed by atoms with E-state index in [1.54, 1.807) is 31.3 Å². The summed E-state index contributed by atoms with van der Waals surface area (Å²) >= 11 is 7.18. The van der Waals surface area contributed by atoms with E-state index in [9.17, 15) is 4.79 Å². The zero-order valence-electron chi connectivity index (χ0n) is 17.0. The molecule has 7 nitrogen and oxygen atoms in total. The minimum atomic E-state index is -0.412. The summed E-state index contributed by atoms with van der Waals surface area (Å²) < 4.78 is 1.94. The summed E-state index contributed by atoms with van der Waals surface area (Å²) in [5.41, 5.74) is 4.39. The number of allylic oxidation sites excluding steroid dienone is 1. The number of benzene rings is 2. The fourth-order valence-electron chi connectivity index (χ4n) is 2.61. The van der Waals surface area contributed by atoms with Gasteiger partial charge in [0.15, 0.2) is 11.0 Å². The minimum absolute atomic E-state index is 0.229. The van der Waals surface area contributed by atoms with Gasteiger partial charge in [-0.3, -0.25) is 4.79 Å². The highest BCUT2D eigenvalue weighted by atomic mass is 35.5. The van der Waals surface area contributed by atoms with Crippen LogP contribution >= 0.6 is 23.4 Å². The largest absolute Gasteiger partial charge is 0.378 e. The molecule has 1 aromatic heterocycles. The van der Waals surface area contributed by atoms with Crippen molar-refractivity contribution in [2.24, 2.45) is 5.10 Å². The van der Waals surface area contributed by atoms with Crippen LogP contribution in [0.3, 0.4) is 0 Å². The lowest BCUT2D eigenvalue weighted by molar-refractivity contribution is -0.120. The van der Waals surface area contributed by atoms with Gasteiger partial charge >= 0.3 is 0 Å². The highest BCUT2D eigenvalue weighted by molar-refractivity contribution is 8.00. The molecule has 160 valence electrons. The van der Waals surface area contributed by atoms with Crippen molar-refractivity contribution in [1.82, 2.24) is 20.2 Å². The van der Waals surface area contributed by atoms with Crippen LogP contribution in [-0.4, -0.2) is 32.1 Å². The van der Waals surface area contributed by atoms with E-state index in [1.807, 2.05) is 47.0 Å². The van der Waals surface area contributed by atoms with E-state index in [2.05, 4.69) is 32.6 Å². The molecule has 1 heterocycles. The van der Waals surface area contributed by atoms with Crippen molar-refractivity contribution in [1.29, 1.82) is 0 Å². The molecule has 1 unspecified atom stereocenters. The van der Waals surface area contributed by atoms with Crippen molar-refractivity contribution in [2.45, 2.75) is 30.4 Å². The van der Waals surface area contributed by atoms with Gasteiger partial charge in [0.05, 0.1) is 18.0 Å². The number of aromatic nitrogens is 3. The van der Waals surface area contributed by atoms with Gasteiger partial charge in [0.1, 0.15) is 0 Å². The van der Waals surface area contributed by atoms with Crippen LogP contribution in [0.25, 0.3) is 0 Å². The molecule has 0 saturated heterocycles. The first-order valence-corrected chi connectivity index (χ1v) is 10.9. The highest BCUT2D eigenvalue weighted by Crippen LogP contribution is 2.23. The number of hydrazone groups is 1. The molecule has 0 saturated carbocycles. The van der Waals surface area contributed by atoms with Crippen LogP contribution in [0.5, 0.6) is 0 Å². The minimum Gasteiger partial charge on any atom is -0.378 e. The van der Waals surface area contributed by atoms with Crippen molar-refractivity contribution >= 4 is 41.2 Å². The number of thioether (sulfide) groups is 1. The van der Waals surface area contributed by atoms with Gasteiger partial charge in [-0.2, -0.15) is 5.10 Å². The summed E-state index contributed by atoms with van der Waals surface area (Å²) in [7, 11) is 0. The van der Waals surface area contributed by atoms with E-state index >= 15 is 0 Å². The lowest BCUT2D eigenvalue weighted by atomic mass is 10.2. The van der Waals surface area contributed by atoms with E-state index < -0.39 is 5.25 Å². The van der Waals surface area contributed by atoms with Crippen LogP contribution in [0, 0.1) is 0 Å². The first kappa shape index (κ1) is 22.6. The van der Waals surface area contributed by atoms with Crippen LogP contribution in [0.1, 0.15) is 18.3 Å². The molecular weight excluding hydrogens is 432 g/mol. The first-order chi connectivity index (χ1) is 15.1. The summed E-state index contributed by atoms with van der Waals surface area (Å²) in [5.74, 6) is 0.534. The molecule has 1 amide bonds. The fraction of sp³-hybridized carbons (Fsp3) is 0.182. The highest BCUT2D eigenvalue weighted by Gasteiger charge is 2.19. The van der Waals surface area contributed by atoms with Gasteiger partial charge in [-0.25, -0.2) is 5.43 Å². The zero-order chi connectivity index (χ0) is 22.1. The fourth-order valence-corrected chi connectivity index (χ4v) is 3.61. The maximum atomic E-state index is 12.4. The molecule has 0 bridgehead atoms. The van der Waals surface area contributed by atoms with Gasteiger partial charge in [-0.15, -0.1) is 16.8 Å². The Morgan fingerprint density at radius 2 is 1.97 bits per heavy atom. The van der Waals surface area contributed by atoms with Crippen molar-refractivity contribution in [3.05, 3.63) is 83.7 Å². The maximum absolute atomic E-state index is 12.4. The molecule has 1 atom stereocenters. The molecular formula is C22H23ClN6OS. The second-order valence-electron chi connectivity index (χ2n) is 6.56. The summed E-state index contributed by atoms with van der Waals surface area (Å²) in [5, 5.41) is 16.8. The normalized spacial score (nSPS) is 11.9. The second kappa shape index (κ2) is 11.3. The van der Waals surface area contributed by atoms with E-state index in [4.69, 9.17) is 11.6 Å². The molecule has 31 heavy (non-hydrogen) atoms. The monoisotopic (exact) mass is 454 g/mol. The number of amides is 1. The SMILES string of the molecule is C=CCn1c(CNc2ccccc2)nnc1SC(C)C(=O)N/N=C/c1ccc(Cl)cc1. The summed E-state index contributed by atoms with van der Waals surface area (Å²) in [6.45, 7) is 6.67. The Kier molecular flexibility index (Phi) is 8.26. The van der Waals surface area contributed by atoms with E-state index in [-0.39, 0.29) is 5.91 Å². The zero-order valence-corrected chi connectivity index (χ0v) is 18.6. The quantitative estimate of drug-likeness (QED) is 0.206. The average Bonchev–Trinajstić information content (AvgIpc) is 3.15. The van der Waals surface area contributed by atoms with Gasteiger partial charge in [0, 0.05) is 17.3 Å². The van der Waals surface area contributed by atoms with Crippen LogP contribution in [0.15, 0.2) is 77.5 Å². The third-order valence-electron chi connectivity index (χ3n) is 4.24. The van der Waals surface area contributed by atoms with Crippen LogP contribution in [0.2, 0.25) is 5.02 Å². The topological polar surface area (TPSA) is 84.2 Å². The smallest absolute Gasteiger partial charge is 0.253 e. The summed E-state index contributed by atoms with van der Waals surface area (Å²) in [6, 6.07) is 17.0. The molecule has 9 heteroatoms. The number of carbonyl (C=O) groups excluding carboxylic acids is 1. The lowest BCUT2D eigenvalue weighted by Gasteiger charge is -2.12. The maximum Gasteiger partial charge on any atom is 0.253 e. The number of rotatable bonds is 10. The number of carbonyl (C=O) groups is 1. The predicted octanol–water partition coefficient (Wildman–Crippen LogP) is 4.36. The Hall–Kier alpha value is -3.10. The van der Waals surface area contributed by atoms with Crippen molar-refractivity contribution in [3.8, 4) is 0 Å². The third-order valence-corrected chi connectivity index (χ3v) is 5.57. The number of hydrogen-bond donors (Lipinski definition) is 2. The molecule has 0 fully saturated rings. The lowest BCUT2D eigenvalue weighted by Crippen LogP contribution is -2.27. The van der Waals surface area contributed by atoms with Gasteiger partial charge in [-0.05, 0) is 36.8 Å². The van der Waals surface area contributed by atoms with Crippen LogP contribution < -0.4 is 10.7 Å². The van der Waals surface area contributed by atoms with Crippen LogP contribution in [-0.2, 0) is 17.9 Å². The average molecular weight is 455 g/mol. The molecule has 0 aliphatic carbocycles. The molecule has 2 aromatic carbocycles. The molecule has 0 radical (unpaired) electrons. The van der Waals surface area contributed by atoms with E-state index in [1.165, 1.54) is 11.8 Å². The Morgan fingerprint density at radius 3 is 2.68 bits per heavy atom. The predicted molar refractivity (Wildman–Crippen MR) is 126 cm³/mol. The number of hydrogen-bond acceptors (Lipinski definition) is 6. The first-order valence-electron chi connectivity index (χ1n) is 9.64. The Labute approximate surface area is 190 Å². The van der Waals surface area contributed by atoms with Gasteiger partial charge < -0.3 is 9.88 Å². The number of para-hydroxylation sites is 1. The van der Waals surface area contributed by atoms with Gasteiger partial charge in [0.2, 0.25) is 0 Å². The number of anilines is 1. The number of halogens is 1. The second-order valence-corrected chi connectivity index (χ2v) is 8.31. The molecule has 3 rings (SSSR count). The molecule has 0 aliphatic heterocycles. The van der Waals surface area contributed by atoms with E-state index in [0.29, 0.717) is 23.3 Å². The Balaban J connectivity index is 1.59. The summed E-state index contributed by atoms with van der Waals surface area (Å²) in [4.78, 5) is 12.4. The molecule has 0 aliphatic rings. The van der Waals surface area contributed by atoms with Crippen LogP contribution in [0.4, 0.5) is 5.69 Å². The van der Waals surface area contributed by atoms with Gasteiger partial charge in [0.25, 0.3) is 5.91 Å². The van der Waals surface area contributed by atoms with Crippen molar-refractivity contribution < 1.29 is 4.79 Å². The standard InChI is InChI=1S/C22H23ClN6OS/c1-3-13-29-20(15-24-19-7-5-4-6-8-19)26-28-22(29)31-16(2)21(30)27-25-14-17-9-11-18(23)12-10-17/h3-12,14,16,24H,1,13,15H2,2H3,(H,27,30)/b25-14+. The number of nitrogens with zero attached hydrogens (tertiary/aromatic N) is 4. The third kappa shape index (κ3) is 6.70. The Morgan fingerprint density at radius 1 is 1.23 bits per heavy atom. The van der Waals surface area contributed by atoms with E-state index in [0.717, 1.165) is 17.1 Å². The van der Waals surface area contributed by atoms with Crippen molar-refractivity contribution in [2.75, 3.05) is 5.32 Å². The molecule has 3 aromatic rings. The van der Waals surface area contributed by atoms with Crippen molar-refractivity contribution in [3.63, 3.8) is 0 Å². The van der Waals surface area contributed by atoms with Gasteiger partial charge in [-0.1, -0.05) is 59.8 Å². The summed E-state index contributed by atoms with van der Waals surface area (Å²) in [6.07, 6.45) is 3.35. The number of nitrogens with one attached hydrogen (secondary N) is 2. The molecule has 0 spiro atoms. The molecule has 2 N–H and O–H groups in total. The Bertz CT molecular complexity index is 1040.